The summed E-state index contributed by atoms with van der Waals surface area (Å²) >= 11 is 5.84. The fourth-order valence-corrected chi connectivity index (χ4v) is 2.12. The standard InChI is InChI=1S/C16H19ClN2O3/c1-3-21-10-4-9-18-11(2)14-16(20)22-15(19-14)12-5-7-13(17)8-6-12/h5-8,14H,3-4,9-10H2,1-2H3. The molecule has 1 unspecified atom stereocenters. The van der Waals surface area contributed by atoms with Crippen molar-refractivity contribution < 1.29 is 14.3 Å². The first-order chi connectivity index (χ1) is 10.6. The van der Waals surface area contributed by atoms with E-state index in [-0.39, 0.29) is 0 Å². The molecule has 0 saturated heterocycles. The molecule has 0 radical (unpaired) electrons. The number of nitrogens with zero attached hydrogens (tertiary/aromatic N) is 2. The zero-order valence-electron chi connectivity index (χ0n) is 12.7. The van der Waals surface area contributed by atoms with Crippen LogP contribution in [0, 0.1) is 0 Å². The van der Waals surface area contributed by atoms with Crippen LogP contribution in [0.5, 0.6) is 0 Å². The molecule has 118 valence electrons. The molecule has 0 amide bonds. The maximum Gasteiger partial charge on any atom is 0.343 e. The number of aliphatic imine (C=N–C) groups is 2. The van der Waals surface area contributed by atoms with Gasteiger partial charge < -0.3 is 9.47 Å². The van der Waals surface area contributed by atoms with E-state index in [1.807, 2.05) is 6.92 Å². The average molecular weight is 323 g/mol. The fraction of sp³-hybridized carbons (Fsp3) is 0.438. The van der Waals surface area contributed by atoms with Gasteiger partial charge in [0.2, 0.25) is 5.90 Å². The third-order valence-corrected chi connectivity index (χ3v) is 3.42. The van der Waals surface area contributed by atoms with Crippen LogP contribution >= 0.6 is 11.6 Å². The Balaban J connectivity index is 2.00. The topological polar surface area (TPSA) is 60.3 Å². The third kappa shape index (κ3) is 4.39. The summed E-state index contributed by atoms with van der Waals surface area (Å²) in [6.45, 7) is 5.73. The summed E-state index contributed by atoms with van der Waals surface area (Å²) in [6.07, 6.45) is 0.820. The van der Waals surface area contributed by atoms with E-state index in [0.29, 0.717) is 36.4 Å². The van der Waals surface area contributed by atoms with Crippen LogP contribution in [0.3, 0.4) is 0 Å². The molecule has 0 spiro atoms. The maximum atomic E-state index is 11.9. The molecule has 1 heterocycles. The van der Waals surface area contributed by atoms with Gasteiger partial charge in [0.05, 0.1) is 0 Å². The maximum absolute atomic E-state index is 11.9. The number of cyclic esters (lactones) is 1. The van der Waals surface area contributed by atoms with E-state index in [1.165, 1.54) is 0 Å². The van der Waals surface area contributed by atoms with Gasteiger partial charge in [-0.1, -0.05) is 11.6 Å². The molecule has 0 N–H and O–H groups in total. The van der Waals surface area contributed by atoms with Crippen LogP contribution in [0.25, 0.3) is 0 Å². The van der Waals surface area contributed by atoms with Crippen LogP contribution in [-0.4, -0.2) is 43.4 Å². The first-order valence-electron chi connectivity index (χ1n) is 7.26. The highest BCUT2D eigenvalue weighted by atomic mass is 35.5. The summed E-state index contributed by atoms with van der Waals surface area (Å²) in [5.41, 5.74) is 1.38. The minimum absolute atomic E-state index is 0.315. The van der Waals surface area contributed by atoms with Gasteiger partial charge in [-0.2, -0.15) is 0 Å². The van der Waals surface area contributed by atoms with Crippen molar-refractivity contribution in [2.45, 2.75) is 26.3 Å². The molecule has 5 nitrogen and oxygen atoms in total. The summed E-state index contributed by atoms with van der Waals surface area (Å²) in [6, 6.07) is 6.35. The number of esters is 1. The summed E-state index contributed by atoms with van der Waals surface area (Å²) in [7, 11) is 0. The van der Waals surface area contributed by atoms with Gasteiger partial charge in [0.1, 0.15) is 0 Å². The van der Waals surface area contributed by atoms with Gasteiger partial charge in [0.15, 0.2) is 6.04 Å². The van der Waals surface area contributed by atoms with Crippen molar-refractivity contribution in [3.05, 3.63) is 34.9 Å². The Bertz CT molecular complexity index is 582. The Labute approximate surface area is 135 Å². The molecule has 0 aliphatic carbocycles. The zero-order valence-corrected chi connectivity index (χ0v) is 13.5. The number of halogens is 1. The first kappa shape index (κ1) is 16.6. The van der Waals surface area contributed by atoms with Crippen molar-refractivity contribution in [2.75, 3.05) is 19.8 Å². The largest absolute Gasteiger partial charge is 0.405 e. The smallest absolute Gasteiger partial charge is 0.343 e. The van der Waals surface area contributed by atoms with Crippen LogP contribution in [0.1, 0.15) is 25.8 Å². The van der Waals surface area contributed by atoms with Crippen LogP contribution in [0.2, 0.25) is 5.02 Å². The molecule has 0 bridgehead atoms. The fourth-order valence-electron chi connectivity index (χ4n) is 1.99. The van der Waals surface area contributed by atoms with E-state index in [2.05, 4.69) is 9.98 Å². The van der Waals surface area contributed by atoms with Crippen LogP contribution in [-0.2, 0) is 14.3 Å². The number of hydrogen-bond donors (Lipinski definition) is 0. The normalized spacial score (nSPS) is 18.3. The quantitative estimate of drug-likeness (QED) is 0.440. The lowest BCUT2D eigenvalue weighted by molar-refractivity contribution is -0.133. The van der Waals surface area contributed by atoms with Gasteiger partial charge in [-0.3, -0.25) is 4.99 Å². The summed E-state index contributed by atoms with van der Waals surface area (Å²) in [5.74, 6) is -0.0773. The molecule has 0 aromatic heterocycles. The van der Waals surface area contributed by atoms with Gasteiger partial charge in [-0.15, -0.1) is 0 Å². The lowest BCUT2D eigenvalue weighted by atomic mass is 10.2. The van der Waals surface area contributed by atoms with Gasteiger partial charge in [-0.25, -0.2) is 9.79 Å². The molecule has 0 saturated carbocycles. The molecular weight excluding hydrogens is 304 g/mol. The van der Waals surface area contributed by atoms with Crippen LogP contribution < -0.4 is 0 Å². The lowest BCUT2D eigenvalue weighted by Gasteiger charge is -2.03. The van der Waals surface area contributed by atoms with Crippen LogP contribution in [0.15, 0.2) is 34.3 Å². The SMILES string of the molecule is CCOCCCN=C(C)C1N=C(c2ccc(Cl)cc2)OC1=O. The van der Waals surface area contributed by atoms with Crippen molar-refractivity contribution in [2.24, 2.45) is 9.98 Å². The van der Waals surface area contributed by atoms with E-state index in [4.69, 9.17) is 21.1 Å². The van der Waals surface area contributed by atoms with Crippen molar-refractivity contribution in [3.63, 3.8) is 0 Å². The number of ether oxygens (including phenoxy) is 2. The predicted molar refractivity (Wildman–Crippen MR) is 87.0 cm³/mol. The summed E-state index contributed by atoms with van der Waals surface area (Å²) in [4.78, 5) is 20.6. The van der Waals surface area contributed by atoms with E-state index in [9.17, 15) is 4.79 Å². The third-order valence-electron chi connectivity index (χ3n) is 3.17. The molecule has 1 aliphatic rings. The second kappa shape index (κ2) is 8.06. The number of rotatable bonds is 7. The van der Waals surface area contributed by atoms with E-state index < -0.39 is 12.0 Å². The second-order valence-corrected chi connectivity index (χ2v) is 5.27. The van der Waals surface area contributed by atoms with Crippen molar-refractivity contribution in [1.29, 1.82) is 0 Å². The molecule has 2 rings (SSSR count). The number of carbonyl (C=O) groups is 1. The van der Waals surface area contributed by atoms with Crippen molar-refractivity contribution >= 4 is 29.2 Å². The summed E-state index contributed by atoms with van der Waals surface area (Å²) < 4.78 is 10.5. The van der Waals surface area contributed by atoms with Gasteiger partial charge in [0, 0.05) is 36.1 Å². The highest BCUT2D eigenvalue weighted by Crippen LogP contribution is 2.17. The van der Waals surface area contributed by atoms with Gasteiger partial charge >= 0.3 is 5.97 Å². The molecule has 1 atom stereocenters. The zero-order chi connectivity index (χ0) is 15.9. The van der Waals surface area contributed by atoms with Gasteiger partial charge in [0.25, 0.3) is 0 Å². The Morgan fingerprint density at radius 2 is 2.14 bits per heavy atom. The number of hydrogen-bond acceptors (Lipinski definition) is 5. The first-order valence-corrected chi connectivity index (χ1v) is 7.63. The van der Waals surface area contributed by atoms with E-state index in [1.54, 1.807) is 31.2 Å². The van der Waals surface area contributed by atoms with Crippen LogP contribution in [0.4, 0.5) is 0 Å². The Morgan fingerprint density at radius 1 is 1.41 bits per heavy atom. The minimum Gasteiger partial charge on any atom is -0.405 e. The monoisotopic (exact) mass is 322 g/mol. The molecule has 22 heavy (non-hydrogen) atoms. The molecule has 6 heteroatoms. The lowest BCUT2D eigenvalue weighted by Crippen LogP contribution is -2.23. The molecule has 1 aromatic rings. The molecule has 0 fully saturated rings. The number of carbonyl (C=O) groups excluding carboxylic acids is 1. The minimum atomic E-state index is -0.655. The molecule has 1 aromatic carbocycles. The van der Waals surface area contributed by atoms with Crippen molar-refractivity contribution in [1.82, 2.24) is 0 Å². The number of benzene rings is 1. The Hall–Kier alpha value is -1.72. The van der Waals surface area contributed by atoms with Gasteiger partial charge in [-0.05, 0) is 44.5 Å². The Morgan fingerprint density at radius 3 is 2.82 bits per heavy atom. The second-order valence-electron chi connectivity index (χ2n) is 4.84. The van der Waals surface area contributed by atoms with Crippen molar-refractivity contribution in [3.8, 4) is 0 Å². The van der Waals surface area contributed by atoms with E-state index >= 15 is 0 Å². The predicted octanol–water partition coefficient (Wildman–Crippen LogP) is 2.90. The highest BCUT2D eigenvalue weighted by Gasteiger charge is 2.31. The Kier molecular flexibility index (Phi) is 6.10. The summed E-state index contributed by atoms with van der Waals surface area (Å²) in [5, 5.41) is 0.622. The molecule has 1 aliphatic heterocycles. The highest BCUT2D eigenvalue weighted by molar-refractivity contribution is 6.30. The average Bonchev–Trinajstić information content (AvgIpc) is 2.89. The van der Waals surface area contributed by atoms with E-state index in [0.717, 1.165) is 12.0 Å². The molecular formula is C16H19ClN2O3.